The van der Waals surface area contributed by atoms with E-state index in [9.17, 15) is 29.7 Å². The number of hydrogen-bond acceptors (Lipinski definition) is 8. The first-order valence-electron chi connectivity index (χ1n) is 13.3. The molecular formula is C27H40O9. The Morgan fingerprint density at radius 3 is 2.47 bits per heavy atom. The third-order valence-corrected chi connectivity index (χ3v) is 11.1. The van der Waals surface area contributed by atoms with Gasteiger partial charge in [0.15, 0.2) is 6.29 Å². The van der Waals surface area contributed by atoms with E-state index in [2.05, 4.69) is 6.92 Å². The van der Waals surface area contributed by atoms with Crippen molar-refractivity contribution in [3.05, 3.63) is 0 Å². The average molecular weight is 509 g/mol. The second-order valence-corrected chi connectivity index (χ2v) is 12.5. The van der Waals surface area contributed by atoms with Crippen molar-refractivity contribution >= 4 is 18.0 Å². The highest BCUT2D eigenvalue weighted by molar-refractivity contribution is 6.01. The molecule has 1 unspecified atom stereocenters. The van der Waals surface area contributed by atoms with Gasteiger partial charge in [-0.1, -0.05) is 27.2 Å². The number of carboxylic acid groups (broad SMARTS) is 1. The van der Waals surface area contributed by atoms with E-state index in [-0.39, 0.29) is 36.6 Å². The summed E-state index contributed by atoms with van der Waals surface area (Å²) in [5, 5.41) is 32.3. The summed E-state index contributed by atoms with van der Waals surface area (Å²) in [7, 11) is 1.42. The van der Waals surface area contributed by atoms with Gasteiger partial charge < -0.3 is 34.3 Å². The fraction of sp³-hybridized carbons (Fsp3) is 0.889. The standard InChI is InChI=1S/C27H40O9/c1-12(2)18-19(29)17-9-25(10-28)16-7-6-13(3)15(16)8-26(17,27(18,25)24(32)33)11-35-23-21(31)20(30)22(34-5)14(4)36-23/h10,12-18,20-23,30-31H,6-9,11H2,1-5H3,(H,32,33)/t13-,14-,15-,16-,17-,18?,20+,21+,22-,23-,25+,26+,27+/m1/s1. The van der Waals surface area contributed by atoms with Crippen LogP contribution in [-0.2, 0) is 28.6 Å². The van der Waals surface area contributed by atoms with Crippen molar-refractivity contribution in [1.29, 1.82) is 0 Å². The molecule has 5 fully saturated rings. The number of ether oxygens (including phenoxy) is 3. The highest BCUT2D eigenvalue weighted by Crippen LogP contribution is 2.83. The van der Waals surface area contributed by atoms with E-state index in [0.29, 0.717) is 12.3 Å². The van der Waals surface area contributed by atoms with Gasteiger partial charge in [0.25, 0.3) is 0 Å². The summed E-state index contributed by atoms with van der Waals surface area (Å²) >= 11 is 0. The van der Waals surface area contributed by atoms with Crippen LogP contribution in [-0.4, -0.2) is 77.8 Å². The molecule has 9 nitrogen and oxygen atoms in total. The number of carbonyl (C=O) groups excluding carboxylic acids is 2. The zero-order valence-corrected chi connectivity index (χ0v) is 21.8. The lowest BCUT2D eigenvalue weighted by Crippen LogP contribution is -2.66. The van der Waals surface area contributed by atoms with E-state index in [1.807, 2.05) is 13.8 Å². The number of aliphatic hydroxyl groups excluding tert-OH is 2. The zero-order chi connectivity index (χ0) is 26.4. The quantitative estimate of drug-likeness (QED) is 0.438. The van der Waals surface area contributed by atoms with Crippen molar-refractivity contribution in [2.75, 3.05) is 13.7 Å². The van der Waals surface area contributed by atoms with Crippen LogP contribution in [0.1, 0.15) is 53.4 Å². The number of aliphatic hydroxyl groups is 2. The first-order chi connectivity index (χ1) is 16.9. The number of methoxy groups -OCH3 is 1. The Labute approximate surface area is 211 Å². The van der Waals surface area contributed by atoms with Crippen LogP contribution in [0.5, 0.6) is 0 Å². The highest BCUT2D eigenvalue weighted by Gasteiger charge is 2.89. The Morgan fingerprint density at radius 1 is 1.19 bits per heavy atom. The lowest BCUT2D eigenvalue weighted by molar-refractivity contribution is -0.308. The monoisotopic (exact) mass is 508 g/mol. The molecule has 1 saturated heterocycles. The van der Waals surface area contributed by atoms with Gasteiger partial charge in [-0.2, -0.15) is 0 Å². The van der Waals surface area contributed by atoms with E-state index in [1.165, 1.54) is 7.11 Å². The Morgan fingerprint density at radius 2 is 1.89 bits per heavy atom. The molecule has 5 rings (SSSR count). The molecule has 0 aromatic rings. The van der Waals surface area contributed by atoms with E-state index in [1.54, 1.807) is 6.92 Å². The van der Waals surface area contributed by atoms with Gasteiger partial charge in [0, 0.05) is 29.8 Å². The molecule has 0 radical (unpaired) electrons. The second kappa shape index (κ2) is 8.56. The van der Waals surface area contributed by atoms with Gasteiger partial charge >= 0.3 is 5.97 Å². The van der Waals surface area contributed by atoms with Crippen molar-refractivity contribution in [3.63, 3.8) is 0 Å². The summed E-state index contributed by atoms with van der Waals surface area (Å²) in [4.78, 5) is 40.4. The minimum Gasteiger partial charge on any atom is -0.481 e. The van der Waals surface area contributed by atoms with Gasteiger partial charge in [-0.05, 0) is 49.9 Å². The van der Waals surface area contributed by atoms with Gasteiger partial charge in [0.05, 0.1) is 18.1 Å². The summed E-state index contributed by atoms with van der Waals surface area (Å²) in [5.74, 6) is -2.48. The maximum Gasteiger partial charge on any atom is 0.312 e. The molecule has 4 bridgehead atoms. The maximum atomic E-state index is 13.9. The minimum absolute atomic E-state index is 0.0746. The predicted molar refractivity (Wildman–Crippen MR) is 126 cm³/mol. The van der Waals surface area contributed by atoms with Gasteiger partial charge in [-0.3, -0.25) is 9.59 Å². The molecule has 3 N–H and O–H groups in total. The Hall–Kier alpha value is -1.39. The first kappa shape index (κ1) is 26.2. The van der Waals surface area contributed by atoms with Crippen LogP contribution in [0.25, 0.3) is 0 Å². The van der Waals surface area contributed by atoms with Gasteiger partial charge in [0.2, 0.25) is 0 Å². The molecule has 4 aliphatic carbocycles. The normalized spacial score (nSPS) is 53.6. The number of carboxylic acids is 1. The fourth-order valence-electron chi connectivity index (χ4n) is 9.83. The summed E-state index contributed by atoms with van der Waals surface area (Å²) in [5.41, 5.74) is -3.81. The molecule has 0 aromatic heterocycles. The molecule has 0 aromatic carbocycles. The van der Waals surface area contributed by atoms with Crippen LogP contribution in [0.2, 0.25) is 0 Å². The first-order valence-corrected chi connectivity index (χ1v) is 13.3. The highest BCUT2D eigenvalue weighted by atomic mass is 16.7. The van der Waals surface area contributed by atoms with Crippen LogP contribution in [0.3, 0.4) is 0 Å². The molecule has 1 aliphatic heterocycles. The van der Waals surface area contributed by atoms with Crippen LogP contribution >= 0.6 is 0 Å². The largest absolute Gasteiger partial charge is 0.481 e. The van der Waals surface area contributed by atoms with Gasteiger partial charge in [-0.25, -0.2) is 0 Å². The fourth-order valence-corrected chi connectivity index (χ4v) is 9.83. The van der Waals surface area contributed by atoms with Crippen LogP contribution in [0.15, 0.2) is 0 Å². The van der Waals surface area contributed by atoms with Crippen molar-refractivity contribution < 1.29 is 43.9 Å². The van der Waals surface area contributed by atoms with Crippen molar-refractivity contribution in [2.45, 2.75) is 84.1 Å². The van der Waals surface area contributed by atoms with E-state index < -0.39 is 64.8 Å². The second-order valence-electron chi connectivity index (χ2n) is 12.5. The van der Waals surface area contributed by atoms with E-state index in [4.69, 9.17) is 14.2 Å². The topological polar surface area (TPSA) is 140 Å². The smallest absolute Gasteiger partial charge is 0.312 e. The average Bonchev–Trinajstić information content (AvgIpc) is 3.35. The number of hydrogen-bond donors (Lipinski definition) is 3. The number of Topliss-reactive ketones (excluding diaryl/α,β-unsaturated/α-hetero) is 1. The molecule has 9 heteroatoms. The molecule has 1 heterocycles. The van der Waals surface area contributed by atoms with Gasteiger partial charge in [0.1, 0.15) is 30.4 Å². The molecule has 202 valence electrons. The third kappa shape index (κ3) is 2.87. The molecule has 0 spiro atoms. The number of ketones is 1. The number of aliphatic carboxylic acids is 1. The summed E-state index contributed by atoms with van der Waals surface area (Å²) in [6.45, 7) is 7.45. The minimum atomic E-state index is -1.58. The molecule has 13 atom stereocenters. The number of fused-ring (bicyclic) bond motifs is 2. The predicted octanol–water partition coefficient (Wildman–Crippen LogP) is 1.67. The van der Waals surface area contributed by atoms with E-state index >= 15 is 0 Å². The number of rotatable bonds is 7. The molecule has 36 heavy (non-hydrogen) atoms. The lowest BCUT2D eigenvalue weighted by atomic mass is 9.42. The van der Waals surface area contributed by atoms with Crippen LogP contribution < -0.4 is 0 Å². The van der Waals surface area contributed by atoms with Crippen molar-refractivity contribution in [3.8, 4) is 0 Å². The molecule has 0 amide bonds. The lowest BCUT2D eigenvalue weighted by Gasteiger charge is -2.59. The Kier molecular flexibility index (Phi) is 6.24. The molecule has 5 aliphatic rings. The van der Waals surface area contributed by atoms with Crippen LogP contribution in [0, 0.1) is 51.8 Å². The Balaban J connectivity index is 1.60. The maximum absolute atomic E-state index is 13.9. The SMILES string of the molecule is CO[C@H]1[C@@H](O)[C@H](O)[C@H](OC[C@@]23C[C@@H]4[C@H](C)CC[C@H]4[C@@]4(C=O)C[C@@H]2C(=O)C(C(C)C)[C@@]34C(=O)O)O[C@@H]1C. The van der Waals surface area contributed by atoms with Crippen molar-refractivity contribution in [1.82, 2.24) is 0 Å². The third-order valence-electron chi connectivity index (χ3n) is 11.1. The number of carbonyl (C=O) groups is 3. The summed E-state index contributed by atoms with van der Waals surface area (Å²) in [6.07, 6.45) is -1.86. The molecule has 4 saturated carbocycles. The zero-order valence-electron chi connectivity index (χ0n) is 21.8. The van der Waals surface area contributed by atoms with Crippen molar-refractivity contribution in [2.24, 2.45) is 51.8 Å². The number of aldehydes is 1. The van der Waals surface area contributed by atoms with Crippen LogP contribution in [0.4, 0.5) is 0 Å². The molecular weight excluding hydrogens is 468 g/mol. The summed E-state index contributed by atoms with van der Waals surface area (Å²) < 4.78 is 17.3. The summed E-state index contributed by atoms with van der Waals surface area (Å²) in [6, 6.07) is 0. The Bertz CT molecular complexity index is 936. The van der Waals surface area contributed by atoms with E-state index in [0.717, 1.165) is 19.1 Å². The van der Waals surface area contributed by atoms with Gasteiger partial charge in [-0.15, -0.1) is 0 Å².